The summed E-state index contributed by atoms with van der Waals surface area (Å²) in [7, 11) is 4.17. The predicted octanol–water partition coefficient (Wildman–Crippen LogP) is 3.24. The van der Waals surface area contributed by atoms with Gasteiger partial charge >= 0.3 is 0 Å². The zero-order chi connectivity index (χ0) is 14.9. The Balaban J connectivity index is 2.12. The van der Waals surface area contributed by atoms with Gasteiger partial charge in [0.1, 0.15) is 0 Å². The Labute approximate surface area is 124 Å². The molecule has 0 aromatic carbocycles. The molecule has 3 nitrogen and oxygen atoms in total. The Morgan fingerprint density at radius 3 is 2.25 bits per heavy atom. The first-order valence-corrected chi connectivity index (χ1v) is 8.08. The van der Waals surface area contributed by atoms with E-state index in [-0.39, 0.29) is 0 Å². The second-order valence-electron chi connectivity index (χ2n) is 7.05. The van der Waals surface area contributed by atoms with E-state index < -0.39 is 0 Å². The van der Waals surface area contributed by atoms with Crippen LogP contribution in [0.25, 0.3) is 0 Å². The molecule has 2 rings (SSSR count). The van der Waals surface area contributed by atoms with Crippen LogP contribution in [0.3, 0.4) is 0 Å². The summed E-state index contributed by atoms with van der Waals surface area (Å²) >= 11 is 0. The van der Waals surface area contributed by atoms with Crippen LogP contribution >= 0.6 is 0 Å². The summed E-state index contributed by atoms with van der Waals surface area (Å²) in [6, 6.07) is 0.585. The number of nitrogens with zero attached hydrogens (tertiary/aromatic N) is 2. The molecule has 3 atom stereocenters. The molecule has 1 aliphatic carbocycles. The zero-order valence-electron chi connectivity index (χ0n) is 14.0. The highest BCUT2D eigenvalue weighted by Gasteiger charge is 2.30. The molecule has 0 radical (unpaired) electrons. The molecule has 1 aliphatic rings. The maximum Gasteiger partial charge on any atom is 0.0628 e. The highest BCUT2D eigenvalue weighted by Crippen LogP contribution is 2.35. The van der Waals surface area contributed by atoms with Crippen LogP contribution in [0.2, 0.25) is 0 Å². The van der Waals surface area contributed by atoms with E-state index in [0.717, 1.165) is 24.2 Å². The second kappa shape index (κ2) is 6.30. The number of nitrogens with one attached hydrogen (secondary N) is 1. The maximum atomic E-state index is 4.56. The van der Waals surface area contributed by atoms with Crippen LogP contribution in [-0.2, 0) is 13.5 Å². The van der Waals surface area contributed by atoms with Gasteiger partial charge in [-0.2, -0.15) is 5.10 Å². The minimum absolute atomic E-state index is 0.585. The highest BCUT2D eigenvalue weighted by molar-refractivity contribution is 5.25. The third-order valence-electron chi connectivity index (χ3n) is 5.24. The van der Waals surface area contributed by atoms with Crippen molar-refractivity contribution in [3.8, 4) is 0 Å². The Kier molecular flexibility index (Phi) is 4.90. The smallest absolute Gasteiger partial charge is 0.0628 e. The molecule has 1 aromatic rings. The maximum absolute atomic E-state index is 4.56. The van der Waals surface area contributed by atoms with Crippen LogP contribution in [0.4, 0.5) is 0 Å². The van der Waals surface area contributed by atoms with Crippen molar-refractivity contribution in [1.29, 1.82) is 0 Å². The van der Waals surface area contributed by atoms with Crippen molar-refractivity contribution >= 4 is 0 Å². The molecule has 1 N–H and O–H groups in total. The number of aromatic nitrogens is 2. The van der Waals surface area contributed by atoms with Gasteiger partial charge in [-0.05, 0) is 69.9 Å². The summed E-state index contributed by atoms with van der Waals surface area (Å²) in [6.07, 6.45) is 5.26. The molecule has 20 heavy (non-hydrogen) atoms. The molecule has 1 fully saturated rings. The van der Waals surface area contributed by atoms with Crippen LogP contribution in [0.5, 0.6) is 0 Å². The van der Waals surface area contributed by atoms with Crippen molar-refractivity contribution in [2.24, 2.45) is 24.8 Å². The first-order chi connectivity index (χ1) is 9.42. The van der Waals surface area contributed by atoms with E-state index in [9.17, 15) is 0 Å². The van der Waals surface area contributed by atoms with E-state index in [1.165, 1.54) is 36.2 Å². The van der Waals surface area contributed by atoms with E-state index in [0.29, 0.717) is 6.04 Å². The second-order valence-corrected chi connectivity index (χ2v) is 7.05. The Bertz CT molecular complexity index is 439. The van der Waals surface area contributed by atoms with Gasteiger partial charge in [0.25, 0.3) is 0 Å². The predicted molar refractivity (Wildman–Crippen MR) is 84.9 cm³/mol. The van der Waals surface area contributed by atoms with Crippen LogP contribution in [0, 0.1) is 31.6 Å². The lowest BCUT2D eigenvalue weighted by molar-refractivity contribution is 0.179. The third-order valence-corrected chi connectivity index (χ3v) is 5.24. The monoisotopic (exact) mass is 277 g/mol. The minimum atomic E-state index is 0.585. The van der Waals surface area contributed by atoms with Crippen molar-refractivity contribution in [1.82, 2.24) is 15.1 Å². The first kappa shape index (κ1) is 15.6. The van der Waals surface area contributed by atoms with Gasteiger partial charge in [0.05, 0.1) is 5.69 Å². The van der Waals surface area contributed by atoms with E-state index >= 15 is 0 Å². The van der Waals surface area contributed by atoms with Gasteiger partial charge in [-0.3, -0.25) is 4.68 Å². The largest absolute Gasteiger partial charge is 0.316 e. The molecule has 0 bridgehead atoms. The van der Waals surface area contributed by atoms with Gasteiger partial charge in [-0.1, -0.05) is 13.8 Å². The summed E-state index contributed by atoms with van der Waals surface area (Å²) in [6.45, 7) is 9.15. The van der Waals surface area contributed by atoms with Gasteiger partial charge in [0.15, 0.2) is 0 Å². The minimum Gasteiger partial charge on any atom is -0.316 e. The first-order valence-electron chi connectivity index (χ1n) is 8.08. The quantitative estimate of drug-likeness (QED) is 0.915. The molecule has 1 aromatic heterocycles. The van der Waals surface area contributed by atoms with E-state index in [4.69, 9.17) is 0 Å². The van der Waals surface area contributed by atoms with Crippen molar-refractivity contribution in [2.75, 3.05) is 7.05 Å². The van der Waals surface area contributed by atoms with Crippen molar-refractivity contribution in [3.05, 3.63) is 17.0 Å². The van der Waals surface area contributed by atoms with Gasteiger partial charge in [-0.15, -0.1) is 0 Å². The normalized spacial score (nSPS) is 28.6. The van der Waals surface area contributed by atoms with Crippen LogP contribution < -0.4 is 5.32 Å². The molecule has 114 valence electrons. The molecule has 3 heteroatoms. The Morgan fingerprint density at radius 2 is 1.80 bits per heavy atom. The topological polar surface area (TPSA) is 29.9 Å². The van der Waals surface area contributed by atoms with Crippen LogP contribution in [0.15, 0.2) is 0 Å². The van der Waals surface area contributed by atoms with Crippen molar-refractivity contribution in [3.63, 3.8) is 0 Å². The van der Waals surface area contributed by atoms with Gasteiger partial charge in [-0.25, -0.2) is 0 Å². The van der Waals surface area contributed by atoms with Crippen molar-refractivity contribution < 1.29 is 0 Å². The standard InChI is InChI=1S/C17H31N3/c1-11-7-12(2)9-15(8-11)17(18-5)10-16-13(3)19-20(6)14(16)4/h11-12,15,17-18H,7-10H2,1-6H3. The Hall–Kier alpha value is -0.830. The molecule has 1 saturated carbocycles. The molecule has 0 aliphatic heterocycles. The molecule has 0 spiro atoms. The molecule has 1 heterocycles. The lowest BCUT2D eigenvalue weighted by Crippen LogP contribution is -2.39. The molecule has 3 unspecified atom stereocenters. The summed E-state index contributed by atoms with van der Waals surface area (Å²) in [4.78, 5) is 0. The molecule has 0 saturated heterocycles. The SMILES string of the molecule is CNC(Cc1c(C)nn(C)c1C)C1CC(C)CC(C)C1. The zero-order valence-corrected chi connectivity index (χ0v) is 14.0. The molecular formula is C17H31N3. The summed E-state index contributed by atoms with van der Waals surface area (Å²) in [5.74, 6) is 2.55. The lowest BCUT2D eigenvalue weighted by Gasteiger charge is -2.36. The van der Waals surface area contributed by atoms with Crippen LogP contribution in [0.1, 0.15) is 50.1 Å². The summed E-state index contributed by atoms with van der Waals surface area (Å²) in [5.41, 5.74) is 3.96. The molecular weight excluding hydrogens is 246 g/mol. The average Bonchev–Trinajstić information content (AvgIpc) is 2.60. The fraction of sp³-hybridized carbons (Fsp3) is 0.824. The van der Waals surface area contributed by atoms with E-state index in [1.54, 1.807) is 0 Å². The van der Waals surface area contributed by atoms with Crippen molar-refractivity contribution in [2.45, 2.75) is 59.4 Å². The number of aryl methyl sites for hydroxylation is 2. The fourth-order valence-electron chi connectivity index (χ4n) is 4.17. The number of rotatable bonds is 4. The average molecular weight is 277 g/mol. The highest BCUT2D eigenvalue weighted by atomic mass is 15.3. The number of hydrogen-bond acceptors (Lipinski definition) is 2. The van der Waals surface area contributed by atoms with Gasteiger partial charge < -0.3 is 5.32 Å². The Morgan fingerprint density at radius 1 is 1.20 bits per heavy atom. The lowest BCUT2D eigenvalue weighted by atomic mass is 9.72. The third kappa shape index (κ3) is 3.25. The van der Waals surface area contributed by atoms with E-state index in [2.05, 4.69) is 45.2 Å². The molecule has 0 amide bonds. The number of likely N-dealkylation sites (N-methyl/N-ethyl adjacent to an activating group) is 1. The van der Waals surface area contributed by atoms with Gasteiger partial charge in [0, 0.05) is 18.8 Å². The number of hydrogen-bond donors (Lipinski definition) is 1. The fourth-order valence-corrected chi connectivity index (χ4v) is 4.17. The van der Waals surface area contributed by atoms with Crippen LogP contribution in [-0.4, -0.2) is 22.9 Å². The summed E-state index contributed by atoms with van der Waals surface area (Å²) in [5, 5.41) is 8.15. The van der Waals surface area contributed by atoms with Gasteiger partial charge in [0.2, 0.25) is 0 Å². The summed E-state index contributed by atoms with van der Waals surface area (Å²) < 4.78 is 2.02. The van der Waals surface area contributed by atoms with E-state index in [1.807, 2.05) is 11.7 Å².